The molecule has 5 nitrogen and oxygen atoms in total. The molecule has 126 valence electrons. The predicted molar refractivity (Wildman–Crippen MR) is 94.6 cm³/mol. The highest BCUT2D eigenvalue weighted by Crippen LogP contribution is 2.15. The third kappa shape index (κ3) is 5.04. The molecule has 0 radical (unpaired) electrons. The van der Waals surface area contributed by atoms with Gasteiger partial charge in [0.25, 0.3) is 0 Å². The summed E-state index contributed by atoms with van der Waals surface area (Å²) < 4.78 is 22.5. The Morgan fingerprint density at radius 2 is 1.83 bits per heavy atom. The molecule has 0 fully saturated rings. The number of sulfonamides is 1. The maximum Gasteiger partial charge on any atom is 0.244 e. The highest BCUT2D eigenvalue weighted by molar-refractivity contribution is 7.89. The number of hydrogen-bond acceptors (Lipinski definition) is 3. The van der Waals surface area contributed by atoms with E-state index in [1.807, 2.05) is 38.1 Å². The van der Waals surface area contributed by atoms with Crippen LogP contribution in [-0.4, -0.2) is 14.3 Å². The lowest BCUT2D eigenvalue weighted by molar-refractivity contribution is -0.117. The van der Waals surface area contributed by atoms with Crippen molar-refractivity contribution < 1.29 is 13.2 Å². The molecule has 1 atom stereocenters. The van der Waals surface area contributed by atoms with E-state index < -0.39 is 10.0 Å². The molecule has 2 rings (SSSR count). The summed E-state index contributed by atoms with van der Waals surface area (Å²) in [6.45, 7) is 3.81. The van der Waals surface area contributed by atoms with E-state index in [1.165, 1.54) is 18.2 Å². The van der Waals surface area contributed by atoms with Crippen LogP contribution in [0.15, 0.2) is 59.5 Å². The van der Waals surface area contributed by atoms with Gasteiger partial charge in [0.1, 0.15) is 0 Å². The second-order valence-corrected chi connectivity index (χ2v) is 7.15. The van der Waals surface area contributed by atoms with Crippen molar-refractivity contribution in [3.63, 3.8) is 0 Å². The Morgan fingerprint density at radius 1 is 1.17 bits per heavy atom. The number of amides is 1. The Morgan fingerprint density at radius 3 is 2.42 bits per heavy atom. The first kappa shape index (κ1) is 17.9. The van der Waals surface area contributed by atoms with Crippen LogP contribution >= 0.6 is 0 Å². The van der Waals surface area contributed by atoms with Crippen LogP contribution in [0.25, 0.3) is 6.08 Å². The monoisotopic (exact) mass is 344 g/mol. The molecule has 1 unspecified atom stereocenters. The van der Waals surface area contributed by atoms with Crippen LogP contribution in [0.4, 0.5) is 0 Å². The van der Waals surface area contributed by atoms with E-state index in [2.05, 4.69) is 5.32 Å². The first-order valence-electron chi connectivity index (χ1n) is 7.44. The molecule has 6 heteroatoms. The minimum absolute atomic E-state index is 0.0455. The summed E-state index contributed by atoms with van der Waals surface area (Å²) in [6, 6.07) is 13.7. The summed E-state index contributed by atoms with van der Waals surface area (Å²) in [4.78, 5) is 12.0. The van der Waals surface area contributed by atoms with Crippen LogP contribution in [0, 0.1) is 6.92 Å². The van der Waals surface area contributed by atoms with Gasteiger partial charge in [-0.05, 0) is 43.2 Å². The minimum atomic E-state index is -3.71. The van der Waals surface area contributed by atoms with Gasteiger partial charge in [0.05, 0.1) is 10.9 Å². The largest absolute Gasteiger partial charge is 0.346 e. The van der Waals surface area contributed by atoms with Crippen molar-refractivity contribution in [2.45, 2.75) is 24.8 Å². The maximum absolute atomic E-state index is 12.0. The van der Waals surface area contributed by atoms with E-state index in [9.17, 15) is 13.2 Å². The number of benzene rings is 2. The molecule has 0 aliphatic heterocycles. The molecule has 0 aromatic heterocycles. The van der Waals surface area contributed by atoms with Gasteiger partial charge in [-0.3, -0.25) is 4.79 Å². The third-order valence-electron chi connectivity index (χ3n) is 3.54. The van der Waals surface area contributed by atoms with Crippen LogP contribution in [0.3, 0.4) is 0 Å². The molecule has 0 aliphatic carbocycles. The highest BCUT2D eigenvalue weighted by Gasteiger charge is 2.11. The number of carbonyl (C=O) groups is 1. The Bertz CT molecular complexity index is 856. The molecule has 2 aromatic carbocycles. The molecule has 0 spiro atoms. The smallest absolute Gasteiger partial charge is 0.244 e. The molecule has 24 heavy (non-hydrogen) atoms. The van der Waals surface area contributed by atoms with Gasteiger partial charge in [0, 0.05) is 6.08 Å². The van der Waals surface area contributed by atoms with Crippen molar-refractivity contribution in [3.8, 4) is 0 Å². The zero-order valence-electron chi connectivity index (χ0n) is 13.6. The van der Waals surface area contributed by atoms with Crippen molar-refractivity contribution in [1.29, 1.82) is 0 Å². The molecule has 0 saturated carbocycles. The second kappa shape index (κ2) is 7.42. The van der Waals surface area contributed by atoms with Crippen molar-refractivity contribution in [2.75, 3.05) is 0 Å². The third-order valence-corrected chi connectivity index (χ3v) is 4.47. The average Bonchev–Trinajstić information content (AvgIpc) is 2.52. The molecule has 0 heterocycles. The molecule has 0 bridgehead atoms. The predicted octanol–water partition coefficient (Wildman–Crippen LogP) is 2.53. The highest BCUT2D eigenvalue weighted by atomic mass is 32.2. The number of primary sulfonamides is 1. The molecular weight excluding hydrogens is 324 g/mol. The lowest BCUT2D eigenvalue weighted by Gasteiger charge is -2.13. The number of carbonyl (C=O) groups excluding carboxylic acids is 1. The second-order valence-electron chi connectivity index (χ2n) is 5.59. The van der Waals surface area contributed by atoms with E-state index in [1.54, 1.807) is 18.2 Å². The average molecular weight is 344 g/mol. The zero-order valence-corrected chi connectivity index (χ0v) is 14.4. The maximum atomic E-state index is 12.0. The molecule has 1 amide bonds. The fourth-order valence-electron chi connectivity index (χ4n) is 2.24. The number of nitrogens with two attached hydrogens (primary N) is 1. The van der Waals surface area contributed by atoms with E-state index >= 15 is 0 Å². The first-order valence-corrected chi connectivity index (χ1v) is 8.98. The summed E-state index contributed by atoms with van der Waals surface area (Å²) in [6.07, 6.45) is 3.23. The van der Waals surface area contributed by atoms with Crippen molar-refractivity contribution in [3.05, 3.63) is 71.3 Å². The van der Waals surface area contributed by atoms with Gasteiger partial charge in [0.2, 0.25) is 15.9 Å². The number of aryl methyl sites for hydroxylation is 1. The Labute approximate surface area is 142 Å². The molecule has 2 aromatic rings. The number of hydrogen-bond donors (Lipinski definition) is 2. The van der Waals surface area contributed by atoms with Gasteiger partial charge < -0.3 is 5.32 Å². The van der Waals surface area contributed by atoms with Crippen LogP contribution in [-0.2, 0) is 14.8 Å². The van der Waals surface area contributed by atoms with Gasteiger partial charge in [-0.15, -0.1) is 0 Å². The van der Waals surface area contributed by atoms with Gasteiger partial charge >= 0.3 is 0 Å². The SMILES string of the molecule is Cc1cccc(/C=C/C(=O)NC(C)c2ccc(S(N)(=O)=O)cc2)c1. The minimum Gasteiger partial charge on any atom is -0.346 e. The van der Waals surface area contributed by atoms with E-state index in [0.29, 0.717) is 0 Å². The standard InChI is InChI=1S/C18H20N2O3S/c1-13-4-3-5-15(12-13)6-11-18(21)20-14(2)16-7-9-17(10-8-16)24(19,22)23/h3-12,14H,1-2H3,(H,20,21)(H2,19,22,23)/b11-6+. The van der Waals surface area contributed by atoms with Crippen LogP contribution in [0.1, 0.15) is 29.7 Å². The van der Waals surface area contributed by atoms with Crippen molar-refractivity contribution in [1.82, 2.24) is 5.32 Å². The van der Waals surface area contributed by atoms with Gasteiger partial charge in [0.15, 0.2) is 0 Å². The normalized spacial score (nSPS) is 13.0. The first-order chi connectivity index (χ1) is 11.3. The summed E-state index contributed by atoms with van der Waals surface area (Å²) >= 11 is 0. The lowest BCUT2D eigenvalue weighted by Crippen LogP contribution is -2.24. The Hall–Kier alpha value is -2.44. The fraction of sp³-hybridized carbons (Fsp3) is 0.167. The van der Waals surface area contributed by atoms with Crippen LogP contribution in [0.5, 0.6) is 0 Å². The van der Waals surface area contributed by atoms with Gasteiger partial charge in [-0.2, -0.15) is 0 Å². The molecule has 0 saturated heterocycles. The van der Waals surface area contributed by atoms with Crippen LogP contribution < -0.4 is 10.5 Å². The number of nitrogens with one attached hydrogen (secondary N) is 1. The molecular formula is C18H20N2O3S. The Kier molecular flexibility index (Phi) is 5.54. The van der Waals surface area contributed by atoms with Crippen molar-refractivity contribution >= 4 is 22.0 Å². The summed E-state index contributed by atoms with van der Waals surface area (Å²) in [5.74, 6) is -0.223. The zero-order chi connectivity index (χ0) is 17.7. The van der Waals surface area contributed by atoms with Gasteiger partial charge in [-0.1, -0.05) is 42.0 Å². The molecule has 3 N–H and O–H groups in total. The fourth-order valence-corrected chi connectivity index (χ4v) is 2.75. The number of rotatable bonds is 5. The molecule has 0 aliphatic rings. The van der Waals surface area contributed by atoms with Crippen LogP contribution in [0.2, 0.25) is 0 Å². The van der Waals surface area contributed by atoms with E-state index in [-0.39, 0.29) is 16.8 Å². The van der Waals surface area contributed by atoms with Crippen molar-refractivity contribution in [2.24, 2.45) is 5.14 Å². The summed E-state index contributed by atoms with van der Waals surface area (Å²) in [7, 11) is -3.71. The van der Waals surface area contributed by atoms with E-state index in [4.69, 9.17) is 5.14 Å². The lowest BCUT2D eigenvalue weighted by atomic mass is 10.1. The van der Waals surface area contributed by atoms with Gasteiger partial charge in [-0.25, -0.2) is 13.6 Å². The Balaban J connectivity index is 2.01. The summed E-state index contributed by atoms with van der Waals surface area (Å²) in [5, 5.41) is 7.90. The topological polar surface area (TPSA) is 89.3 Å². The quantitative estimate of drug-likeness (QED) is 0.817. The summed E-state index contributed by atoms with van der Waals surface area (Å²) in [5.41, 5.74) is 2.87. The van der Waals surface area contributed by atoms with E-state index in [0.717, 1.165) is 16.7 Å².